The number of methoxy groups -OCH3 is 1. The number of nitrogens with one attached hydrogen (secondary N) is 1. The van der Waals surface area contributed by atoms with Crippen LogP contribution in [0.5, 0.6) is 11.5 Å². The molecule has 0 saturated heterocycles. The van der Waals surface area contributed by atoms with Gasteiger partial charge in [0.05, 0.1) is 11.6 Å². The molecule has 0 spiro atoms. The lowest BCUT2D eigenvalue weighted by molar-refractivity contribution is -0.142. The van der Waals surface area contributed by atoms with Crippen LogP contribution in [0.15, 0.2) is 46.9 Å². The number of ether oxygens (including phenoxy) is 2. The molecule has 0 bridgehead atoms. The van der Waals surface area contributed by atoms with Crippen molar-refractivity contribution in [3.63, 3.8) is 0 Å². The first kappa shape index (κ1) is 25.0. The Balaban J connectivity index is 2.15. The van der Waals surface area contributed by atoms with E-state index in [1.54, 1.807) is 32.2 Å². The molecular formula is C23H28BrClN2O4. The fourth-order valence-corrected chi connectivity index (χ4v) is 3.57. The number of halogens is 2. The average molecular weight is 512 g/mol. The van der Waals surface area contributed by atoms with E-state index >= 15 is 0 Å². The zero-order chi connectivity index (χ0) is 23.0. The molecule has 0 unspecified atom stereocenters. The van der Waals surface area contributed by atoms with E-state index < -0.39 is 6.04 Å². The molecule has 1 N–H and O–H groups in total. The number of nitrogens with zero attached hydrogens (tertiary/aromatic N) is 1. The number of carbonyl (C=O) groups is 2. The highest BCUT2D eigenvalue weighted by Crippen LogP contribution is 2.28. The smallest absolute Gasteiger partial charge is 0.261 e. The number of benzene rings is 2. The number of amides is 2. The van der Waals surface area contributed by atoms with Crippen LogP contribution in [0.4, 0.5) is 0 Å². The predicted molar refractivity (Wildman–Crippen MR) is 126 cm³/mol. The van der Waals surface area contributed by atoms with E-state index in [1.807, 2.05) is 38.1 Å². The maximum atomic E-state index is 13.1. The maximum Gasteiger partial charge on any atom is 0.261 e. The number of hydrogen-bond donors (Lipinski definition) is 1. The van der Waals surface area contributed by atoms with E-state index in [9.17, 15) is 9.59 Å². The van der Waals surface area contributed by atoms with Crippen LogP contribution in [0.2, 0.25) is 5.02 Å². The Morgan fingerprint density at radius 1 is 1.13 bits per heavy atom. The van der Waals surface area contributed by atoms with Gasteiger partial charge in [0.2, 0.25) is 5.91 Å². The van der Waals surface area contributed by atoms with Gasteiger partial charge < -0.3 is 19.7 Å². The second kappa shape index (κ2) is 12.0. The second-order valence-corrected chi connectivity index (χ2v) is 8.84. The molecule has 0 radical (unpaired) electrons. The largest absolute Gasteiger partial charge is 0.497 e. The van der Waals surface area contributed by atoms with Crippen LogP contribution >= 0.6 is 27.5 Å². The van der Waals surface area contributed by atoms with Crippen molar-refractivity contribution in [2.24, 2.45) is 5.92 Å². The van der Waals surface area contributed by atoms with Crippen molar-refractivity contribution < 1.29 is 19.1 Å². The summed E-state index contributed by atoms with van der Waals surface area (Å²) in [6.07, 6.45) is 0. The summed E-state index contributed by atoms with van der Waals surface area (Å²) in [5, 5.41) is 3.45. The quantitative estimate of drug-likeness (QED) is 0.503. The van der Waals surface area contributed by atoms with Gasteiger partial charge in [-0.2, -0.15) is 0 Å². The van der Waals surface area contributed by atoms with Gasteiger partial charge in [0.1, 0.15) is 17.5 Å². The molecule has 2 rings (SSSR count). The summed E-state index contributed by atoms with van der Waals surface area (Å²) in [5.41, 5.74) is 0.880. The van der Waals surface area contributed by atoms with E-state index in [-0.39, 0.29) is 25.0 Å². The molecule has 31 heavy (non-hydrogen) atoms. The topological polar surface area (TPSA) is 67.9 Å². The van der Waals surface area contributed by atoms with Crippen molar-refractivity contribution in [1.82, 2.24) is 10.2 Å². The molecule has 2 aromatic rings. The highest BCUT2D eigenvalue weighted by molar-refractivity contribution is 9.10. The van der Waals surface area contributed by atoms with Crippen molar-refractivity contribution in [3.8, 4) is 11.5 Å². The van der Waals surface area contributed by atoms with E-state index in [2.05, 4.69) is 21.2 Å². The van der Waals surface area contributed by atoms with Gasteiger partial charge in [-0.3, -0.25) is 9.59 Å². The standard InChI is InChI=1S/C23H28BrClN2O4/c1-15(2)12-26-23(29)16(3)27(13-17-5-8-19(30-4)9-6-17)22(28)14-31-21-10-7-18(25)11-20(21)24/h5-11,15-16H,12-14H2,1-4H3,(H,26,29)/t16-/m0/s1. The van der Waals surface area contributed by atoms with Gasteiger partial charge in [0, 0.05) is 18.1 Å². The fourth-order valence-electron chi connectivity index (χ4n) is 2.78. The Kier molecular flexibility index (Phi) is 9.65. The summed E-state index contributed by atoms with van der Waals surface area (Å²) in [6.45, 7) is 6.35. The molecule has 0 heterocycles. The second-order valence-electron chi connectivity index (χ2n) is 7.55. The molecule has 0 aliphatic rings. The molecule has 0 saturated carbocycles. The van der Waals surface area contributed by atoms with Gasteiger partial charge in [0.25, 0.3) is 5.91 Å². The Labute approximate surface area is 197 Å². The minimum Gasteiger partial charge on any atom is -0.497 e. The Morgan fingerprint density at radius 2 is 1.81 bits per heavy atom. The van der Waals surface area contributed by atoms with Crippen LogP contribution in [0.3, 0.4) is 0 Å². The third-order valence-electron chi connectivity index (χ3n) is 4.61. The molecule has 2 aromatic carbocycles. The lowest BCUT2D eigenvalue weighted by atomic mass is 10.1. The fraction of sp³-hybridized carbons (Fsp3) is 0.391. The summed E-state index contributed by atoms with van der Waals surface area (Å²) in [6, 6.07) is 11.8. The van der Waals surface area contributed by atoms with Crippen LogP contribution in [0.25, 0.3) is 0 Å². The van der Waals surface area contributed by atoms with Gasteiger partial charge >= 0.3 is 0 Å². The molecular weight excluding hydrogens is 484 g/mol. The maximum absolute atomic E-state index is 13.1. The molecule has 0 aromatic heterocycles. The van der Waals surface area contributed by atoms with Crippen molar-refractivity contribution in [3.05, 3.63) is 57.5 Å². The van der Waals surface area contributed by atoms with Crippen LogP contribution < -0.4 is 14.8 Å². The van der Waals surface area contributed by atoms with Gasteiger partial charge in [-0.1, -0.05) is 37.6 Å². The van der Waals surface area contributed by atoms with Crippen molar-refractivity contribution in [1.29, 1.82) is 0 Å². The number of hydrogen-bond acceptors (Lipinski definition) is 4. The minimum absolute atomic E-state index is 0.205. The van der Waals surface area contributed by atoms with Gasteiger partial charge in [-0.05, 0) is 64.7 Å². The molecule has 1 atom stereocenters. The molecule has 2 amide bonds. The molecule has 8 heteroatoms. The molecule has 6 nitrogen and oxygen atoms in total. The first-order valence-corrected chi connectivity index (χ1v) is 11.2. The van der Waals surface area contributed by atoms with Crippen LogP contribution in [-0.2, 0) is 16.1 Å². The number of rotatable bonds is 10. The van der Waals surface area contributed by atoms with Crippen molar-refractivity contribution in [2.75, 3.05) is 20.3 Å². The lowest BCUT2D eigenvalue weighted by Gasteiger charge is -2.29. The lowest BCUT2D eigenvalue weighted by Crippen LogP contribution is -2.49. The number of carbonyl (C=O) groups excluding carboxylic acids is 2. The summed E-state index contributed by atoms with van der Waals surface area (Å²) >= 11 is 9.33. The minimum atomic E-state index is -0.661. The summed E-state index contributed by atoms with van der Waals surface area (Å²) in [5.74, 6) is 1.03. The average Bonchev–Trinajstić information content (AvgIpc) is 2.74. The molecule has 0 fully saturated rings. The molecule has 168 valence electrons. The van der Waals surface area contributed by atoms with Crippen LogP contribution in [0.1, 0.15) is 26.3 Å². The van der Waals surface area contributed by atoms with Crippen molar-refractivity contribution >= 4 is 39.3 Å². The SMILES string of the molecule is COc1ccc(CN(C(=O)COc2ccc(Cl)cc2Br)[C@@H](C)C(=O)NCC(C)C)cc1. The highest BCUT2D eigenvalue weighted by atomic mass is 79.9. The third kappa shape index (κ3) is 7.74. The molecule has 0 aliphatic carbocycles. The third-order valence-corrected chi connectivity index (χ3v) is 5.46. The summed E-state index contributed by atoms with van der Waals surface area (Å²) < 4.78 is 11.5. The Hall–Kier alpha value is -2.25. The Morgan fingerprint density at radius 3 is 2.39 bits per heavy atom. The van der Waals surface area contributed by atoms with E-state index in [4.69, 9.17) is 21.1 Å². The van der Waals surface area contributed by atoms with E-state index in [1.165, 1.54) is 4.90 Å². The van der Waals surface area contributed by atoms with E-state index in [0.29, 0.717) is 27.7 Å². The van der Waals surface area contributed by atoms with Crippen LogP contribution in [-0.4, -0.2) is 43.0 Å². The van der Waals surface area contributed by atoms with Gasteiger partial charge in [-0.25, -0.2) is 0 Å². The van der Waals surface area contributed by atoms with E-state index in [0.717, 1.165) is 11.3 Å². The first-order valence-electron chi connectivity index (χ1n) is 9.99. The van der Waals surface area contributed by atoms with Gasteiger partial charge in [0.15, 0.2) is 6.61 Å². The monoisotopic (exact) mass is 510 g/mol. The summed E-state index contributed by atoms with van der Waals surface area (Å²) in [4.78, 5) is 27.2. The predicted octanol–water partition coefficient (Wildman–Crippen LogP) is 4.68. The van der Waals surface area contributed by atoms with Crippen molar-refractivity contribution in [2.45, 2.75) is 33.4 Å². The van der Waals surface area contributed by atoms with Gasteiger partial charge in [-0.15, -0.1) is 0 Å². The zero-order valence-electron chi connectivity index (χ0n) is 18.2. The highest BCUT2D eigenvalue weighted by Gasteiger charge is 2.26. The Bertz CT molecular complexity index is 890. The normalized spacial score (nSPS) is 11.7. The van der Waals surface area contributed by atoms with Crippen LogP contribution in [0, 0.1) is 5.92 Å². The summed E-state index contributed by atoms with van der Waals surface area (Å²) in [7, 11) is 1.60. The molecule has 0 aliphatic heterocycles. The first-order chi connectivity index (χ1) is 14.7. The zero-order valence-corrected chi connectivity index (χ0v) is 20.5.